The molecule has 0 saturated carbocycles. The maximum atomic E-state index is 12.3. The van der Waals surface area contributed by atoms with Crippen molar-refractivity contribution in [3.8, 4) is 0 Å². The van der Waals surface area contributed by atoms with Crippen molar-refractivity contribution in [2.45, 2.75) is 24.1 Å². The number of hydrogen-bond donors (Lipinski definition) is 1. The zero-order valence-electron chi connectivity index (χ0n) is 11.2. The third-order valence-electron chi connectivity index (χ3n) is 2.97. The molecular weight excluding hydrogens is 294 g/mol. The molecule has 4 nitrogen and oxygen atoms in total. The van der Waals surface area contributed by atoms with Crippen molar-refractivity contribution in [1.29, 1.82) is 0 Å². The lowest BCUT2D eigenvalue weighted by Gasteiger charge is -2.09. The predicted octanol–water partition coefficient (Wildman–Crippen LogP) is 3.56. The van der Waals surface area contributed by atoms with E-state index in [0.717, 1.165) is 4.70 Å². The van der Waals surface area contributed by atoms with Gasteiger partial charge in [0, 0.05) is 6.42 Å². The Bertz CT molecular complexity index is 686. The van der Waals surface area contributed by atoms with Gasteiger partial charge >= 0.3 is 0 Å². The maximum absolute atomic E-state index is 12.3. The molecule has 0 aliphatic rings. The third-order valence-corrected chi connectivity index (χ3v) is 6.44. The molecule has 1 unspecified atom stereocenters. The Balaban J connectivity index is 2.15. The van der Waals surface area contributed by atoms with Gasteiger partial charge in [0.25, 0.3) is 0 Å². The topological polar surface area (TPSA) is 67.3 Å². The summed E-state index contributed by atoms with van der Waals surface area (Å²) in [5.41, 5.74) is 0.715. The summed E-state index contributed by atoms with van der Waals surface area (Å²) in [6, 6.07) is 7.38. The average molecular weight is 311 g/mol. The molecule has 2 aromatic rings. The van der Waals surface area contributed by atoms with Gasteiger partial charge < -0.3 is 5.11 Å². The van der Waals surface area contributed by atoms with Crippen LogP contribution in [-0.4, -0.2) is 24.3 Å². The number of aliphatic hydroxyl groups excluding tert-OH is 1. The van der Waals surface area contributed by atoms with Crippen molar-refractivity contribution in [2.24, 2.45) is 5.92 Å². The van der Waals surface area contributed by atoms with Crippen molar-refractivity contribution < 1.29 is 13.5 Å². The lowest BCUT2D eigenvalue weighted by molar-refractivity contribution is 0.374. The van der Waals surface area contributed by atoms with E-state index in [1.807, 2.05) is 31.2 Å². The summed E-state index contributed by atoms with van der Waals surface area (Å²) in [4.78, 5) is 4.20. The summed E-state index contributed by atoms with van der Waals surface area (Å²) in [5.74, 6) is 0.0882. The number of aromatic nitrogens is 1. The average Bonchev–Trinajstić information content (AvgIpc) is 2.80. The van der Waals surface area contributed by atoms with Gasteiger partial charge in [-0.05, 0) is 24.5 Å². The molecular formula is C14H17NO3S2. The smallest absolute Gasteiger partial charge is 0.210 e. The summed E-state index contributed by atoms with van der Waals surface area (Å²) in [6.45, 7) is 5.26. The summed E-state index contributed by atoms with van der Waals surface area (Å²) in [7, 11) is -3.37. The molecule has 0 aliphatic heterocycles. The van der Waals surface area contributed by atoms with Crippen LogP contribution in [0.25, 0.3) is 10.2 Å². The van der Waals surface area contributed by atoms with Crippen LogP contribution in [0.4, 0.5) is 0 Å². The molecule has 0 bridgehead atoms. The quantitative estimate of drug-likeness (QED) is 0.828. The monoisotopic (exact) mass is 311 g/mol. The molecule has 1 aromatic heterocycles. The van der Waals surface area contributed by atoms with Crippen LogP contribution < -0.4 is 0 Å². The summed E-state index contributed by atoms with van der Waals surface area (Å²) in [6.07, 6.45) is 1.02. The van der Waals surface area contributed by atoms with Crippen molar-refractivity contribution in [1.82, 2.24) is 4.98 Å². The molecule has 1 N–H and O–H groups in total. The fraction of sp³-hybridized carbons (Fsp3) is 0.357. The van der Waals surface area contributed by atoms with E-state index in [2.05, 4.69) is 11.6 Å². The van der Waals surface area contributed by atoms with E-state index in [-0.39, 0.29) is 21.8 Å². The second-order valence-corrected chi connectivity index (χ2v) is 8.18. The van der Waals surface area contributed by atoms with Gasteiger partial charge in [-0.25, -0.2) is 13.4 Å². The van der Waals surface area contributed by atoms with Gasteiger partial charge in [-0.2, -0.15) is 0 Å². The zero-order valence-corrected chi connectivity index (χ0v) is 12.9. The summed E-state index contributed by atoms with van der Waals surface area (Å²) < 4.78 is 25.7. The van der Waals surface area contributed by atoms with Crippen molar-refractivity contribution in [3.05, 3.63) is 36.6 Å². The van der Waals surface area contributed by atoms with Crippen LogP contribution in [0.2, 0.25) is 0 Å². The van der Waals surface area contributed by atoms with Crippen LogP contribution >= 0.6 is 11.3 Å². The van der Waals surface area contributed by atoms with E-state index in [1.54, 1.807) is 0 Å². The molecule has 0 spiro atoms. The first kappa shape index (κ1) is 15.0. The highest BCUT2D eigenvalue weighted by molar-refractivity contribution is 7.93. The van der Waals surface area contributed by atoms with E-state index in [0.29, 0.717) is 18.4 Å². The van der Waals surface area contributed by atoms with Crippen LogP contribution in [0.5, 0.6) is 0 Å². The summed E-state index contributed by atoms with van der Waals surface area (Å²) in [5, 5.41) is 9.06. The highest BCUT2D eigenvalue weighted by atomic mass is 32.2. The van der Waals surface area contributed by atoms with Gasteiger partial charge in [0.15, 0.2) is 0 Å². The van der Waals surface area contributed by atoms with Crippen molar-refractivity contribution in [2.75, 3.05) is 5.75 Å². The van der Waals surface area contributed by atoms with Crippen LogP contribution in [0, 0.1) is 5.92 Å². The number of benzene rings is 1. The Labute approximate surface area is 122 Å². The molecule has 20 heavy (non-hydrogen) atoms. The molecule has 0 radical (unpaired) electrons. The number of rotatable bonds is 6. The molecule has 0 saturated heterocycles. The van der Waals surface area contributed by atoms with Gasteiger partial charge in [0.1, 0.15) is 0 Å². The number of para-hydroxylation sites is 1. The van der Waals surface area contributed by atoms with Crippen molar-refractivity contribution >= 4 is 31.4 Å². The molecule has 1 aromatic carbocycles. The lowest BCUT2D eigenvalue weighted by Crippen LogP contribution is -2.14. The second-order valence-electron chi connectivity index (χ2n) is 4.94. The molecule has 108 valence electrons. The highest BCUT2D eigenvalue weighted by Gasteiger charge is 2.22. The number of allylic oxidation sites excluding steroid dienone is 1. The Morgan fingerprint density at radius 1 is 1.45 bits per heavy atom. The van der Waals surface area contributed by atoms with Gasteiger partial charge in [0.05, 0.1) is 21.7 Å². The SMILES string of the molecule is C=C(O)CCC(C)CS(=O)(=O)c1nc2ccccc2s1. The van der Waals surface area contributed by atoms with Crippen molar-refractivity contribution in [3.63, 3.8) is 0 Å². The molecule has 1 atom stereocenters. The number of fused-ring (bicyclic) bond motifs is 1. The van der Waals surface area contributed by atoms with Crippen LogP contribution in [0.3, 0.4) is 0 Å². The fourth-order valence-electron chi connectivity index (χ4n) is 1.93. The Morgan fingerprint density at radius 2 is 2.15 bits per heavy atom. The molecule has 2 rings (SSSR count). The highest BCUT2D eigenvalue weighted by Crippen LogP contribution is 2.27. The predicted molar refractivity (Wildman–Crippen MR) is 81.8 cm³/mol. The molecule has 0 fully saturated rings. The number of aliphatic hydroxyl groups is 1. The first-order valence-corrected chi connectivity index (χ1v) is 8.80. The Kier molecular flexibility index (Phi) is 4.45. The first-order chi connectivity index (χ1) is 9.38. The lowest BCUT2D eigenvalue weighted by atomic mass is 10.1. The number of sulfone groups is 1. The molecule has 0 aliphatic carbocycles. The first-order valence-electron chi connectivity index (χ1n) is 6.33. The summed E-state index contributed by atoms with van der Waals surface area (Å²) >= 11 is 1.20. The van der Waals surface area contributed by atoms with Gasteiger partial charge in [-0.3, -0.25) is 0 Å². The Hall–Kier alpha value is -1.40. The van der Waals surface area contributed by atoms with E-state index < -0.39 is 9.84 Å². The number of nitrogens with zero attached hydrogens (tertiary/aromatic N) is 1. The Morgan fingerprint density at radius 3 is 2.80 bits per heavy atom. The standard InChI is InChI=1S/C14H17NO3S2/c1-10(7-8-11(2)16)9-20(17,18)14-15-12-5-3-4-6-13(12)19-14/h3-6,10,16H,2,7-9H2,1H3. The van der Waals surface area contributed by atoms with Crippen LogP contribution in [-0.2, 0) is 9.84 Å². The minimum Gasteiger partial charge on any atom is -0.513 e. The van der Waals surface area contributed by atoms with Crippen LogP contribution in [0.15, 0.2) is 40.9 Å². The van der Waals surface area contributed by atoms with E-state index in [9.17, 15) is 8.42 Å². The maximum Gasteiger partial charge on any atom is 0.210 e. The third kappa shape index (κ3) is 3.58. The van der Waals surface area contributed by atoms with Gasteiger partial charge in [0.2, 0.25) is 14.2 Å². The number of hydrogen-bond acceptors (Lipinski definition) is 5. The molecule has 1 heterocycles. The minimum absolute atomic E-state index is 0.0418. The largest absolute Gasteiger partial charge is 0.513 e. The zero-order chi connectivity index (χ0) is 14.8. The fourth-order valence-corrected chi connectivity index (χ4v) is 4.90. The normalized spacial score (nSPS) is 13.4. The van der Waals surface area contributed by atoms with E-state index >= 15 is 0 Å². The van der Waals surface area contributed by atoms with Gasteiger partial charge in [-0.1, -0.05) is 25.6 Å². The molecule has 0 amide bonds. The minimum atomic E-state index is -3.37. The molecule has 6 heteroatoms. The van der Waals surface area contributed by atoms with Crippen LogP contribution in [0.1, 0.15) is 19.8 Å². The van der Waals surface area contributed by atoms with E-state index in [4.69, 9.17) is 5.11 Å². The second kappa shape index (κ2) is 5.93. The van der Waals surface area contributed by atoms with E-state index in [1.165, 1.54) is 11.3 Å². The number of thiazole rings is 1. The van der Waals surface area contributed by atoms with Gasteiger partial charge in [-0.15, -0.1) is 11.3 Å².